The highest BCUT2D eigenvalue weighted by Crippen LogP contribution is 2.33. The van der Waals surface area contributed by atoms with E-state index in [0.29, 0.717) is 5.82 Å². The van der Waals surface area contributed by atoms with Crippen molar-refractivity contribution in [3.8, 4) is 5.75 Å². The maximum Gasteiger partial charge on any atom is 0.573 e. The van der Waals surface area contributed by atoms with Crippen LogP contribution in [0.25, 0.3) is 0 Å². The van der Waals surface area contributed by atoms with Crippen molar-refractivity contribution in [2.24, 2.45) is 0 Å². The average Bonchev–Trinajstić information content (AvgIpc) is 2.64. The van der Waals surface area contributed by atoms with Crippen LogP contribution in [-0.2, 0) is 0 Å². The zero-order valence-corrected chi connectivity index (χ0v) is 14.8. The molecule has 0 aliphatic carbocycles. The van der Waals surface area contributed by atoms with E-state index in [9.17, 15) is 23.3 Å². The van der Waals surface area contributed by atoms with Crippen molar-refractivity contribution in [1.82, 2.24) is 15.0 Å². The number of anilines is 4. The second-order valence-corrected chi connectivity index (χ2v) is 5.72. The summed E-state index contributed by atoms with van der Waals surface area (Å²) < 4.78 is 40.5. The molecule has 150 valence electrons. The van der Waals surface area contributed by atoms with Gasteiger partial charge in [0.1, 0.15) is 17.9 Å². The number of hydrogen-bond donors (Lipinski definition) is 2. The second-order valence-electron chi connectivity index (χ2n) is 5.72. The molecule has 0 saturated heterocycles. The van der Waals surface area contributed by atoms with Gasteiger partial charge < -0.3 is 15.4 Å². The van der Waals surface area contributed by atoms with E-state index in [1.165, 1.54) is 12.1 Å². The smallest absolute Gasteiger partial charge is 0.406 e. The zero-order chi connectivity index (χ0) is 21.0. The van der Waals surface area contributed by atoms with Crippen molar-refractivity contribution >= 4 is 28.8 Å². The largest absolute Gasteiger partial charge is 0.573 e. The summed E-state index contributed by atoms with van der Waals surface area (Å²) in [7, 11) is 0. The van der Waals surface area contributed by atoms with E-state index in [2.05, 4.69) is 30.3 Å². The summed E-state index contributed by atoms with van der Waals surface area (Å²) in [6, 6.07) is 8.07. The van der Waals surface area contributed by atoms with Crippen molar-refractivity contribution in [1.29, 1.82) is 0 Å². The number of halogens is 3. The summed E-state index contributed by atoms with van der Waals surface area (Å²) in [4.78, 5) is 22.7. The molecule has 0 spiro atoms. The van der Waals surface area contributed by atoms with Crippen LogP contribution < -0.4 is 15.4 Å². The molecule has 1 aromatic carbocycles. The fourth-order valence-corrected chi connectivity index (χ4v) is 2.27. The molecule has 12 heteroatoms. The first kappa shape index (κ1) is 19.8. The van der Waals surface area contributed by atoms with Crippen molar-refractivity contribution in [2.75, 3.05) is 10.6 Å². The van der Waals surface area contributed by atoms with Gasteiger partial charge in [-0.25, -0.2) is 15.0 Å². The van der Waals surface area contributed by atoms with E-state index in [4.69, 9.17) is 0 Å². The van der Waals surface area contributed by atoms with Gasteiger partial charge in [0, 0.05) is 11.9 Å². The van der Waals surface area contributed by atoms with Gasteiger partial charge in [-0.3, -0.25) is 10.1 Å². The maximum absolute atomic E-state index is 12.2. The summed E-state index contributed by atoms with van der Waals surface area (Å²) in [5, 5.41) is 17.0. The van der Waals surface area contributed by atoms with Crippen LogP contribution in [0.15, 0.2) is 48.9 Å². The molecule has 2 aromatic heterocycles. The molecule has 0 aliphatic heterocycles. The molecule has 0 amide bonds. The van der Waals surface area contributed by atoms with E-state index in [-0.39, 0.29) is 17.3 Å². The third kappa shape index (κ3) is 5.28. The summed E-state index contributed by atoms with van der Waals surface area (Å²) in [5.74, 6) is -0.324. The number of nitro groups is 1. The third-order valence-corrected chi connectivity index (χ3v) is 3.51. The molecule has 3 rings (SSSR count). The lowest BCUT2D eigenvalue weighted by Gasteiger charge is -2.11. The minimum atomic E-state index is -4.81. The highest BCUT2D eigenvalue weighted by Gasteiger charge is 2.31. The lowest BCUT2D eigenvalue weighted by atomic mass is 10.3. The van der Waals surface area contributed by atoms with Crippen LogP contribution in [-0.4, -0.2) is 26.2 Å². The molecule has 0 aliphatic rings. The van der Waals surface area contributed by atoms with Crippen molar-refractivity contribution in [3.05, 3.63) is 64.6 Å². The van der Waals surface area contributed by atoms with Crippen LogP contribution in [0.3, 0.4) is 0 Å². The number of alkyl halides is 3. The molecule has 3 aromatic rings. The van der Waals surface area contributed by atoms with Crippen LogP contribution in [0.4, 0.5) is 42.0 Å². The van der Waals surface area contributed by atoms with Gasteiger partial charge in [0.2, 0.25) is 11.6 Å². The van der Waals surface area contributed by atoms with E-state index in [1.54, 1.807) is 18.3 Å². The van der Waals surface area contributed by atoms with Gasteiger partial charge in [-0.1, -0.05) is 6.07 Å². The van der Waals surface area contributed by atoms with Crippen molar-refractivity contribution in [3.63, 3.8) is 0 Å². The first-order valence-electron chi connectivity index (χ1n) is 8.03. The Labute approximate surface area is 161 Å². The molecule has 9 nitrogen and oxygen atoms in total. The van der Waals surface area contributed by atoms with Crippen molar-refractivity contribution in [2.45, 2.75) is 13.3 Å². The van der Waals surface area contributed by atoms with Gasteiger partial charge in [-0.15, -0.1) is 13.2 Å². The molecule has 0 unspecified atom stereocenters. The quantitative estimate of drug-likeness (QED) is 0.455. The van der Waals surface area contributed by atoms with Crippen LogP contribution in [0.5, 0.6) is 5.75 Å². The van der Waals surface area contributed by atoms with Gasteiger partial charge in [0.25, 0.3) is 0 Å². The normalized spacial score (nSPS) is 11.0. The molecule has 2 N–H and O–H groups in total. The first-order chi connectivity index (χ1) is 13.7. The van der Waals surface area contributed by atoms with Gasteiger partial charge in [-0.05, 0) is 42.8 Å². The summed E-state index contributed by atoms with van der Waals surface area (Å²) in [5.41, 5.74) is 0.722. The number of nitrogens with one attached hydrogen (secondary N) is 2. The maximum atomic E-state index is 12.2. The van der Waals surface area contributed by atoms with Crippen LogP contribution in [0.2, 0.25) is 0 Å². The average molecular weight is 406 g/mol. The number of benzene rings is 1. The number of ether oxygens (including phenoxy) is 1. The topological polar surface area (TPSA) is 115 Å². The number of nitrogens with zero attached hydrogens (tertiary/aromatic N) is 4. The fourth-order valence-electron chi connectivity index (χ4n) is 2.27. The highest BCUT2D eigenvalue weighted by molar-refractivity contribution is 5.76. The van der Waals surface area contributed by atoms with E-state index >= 15 is 0 Å². The Balaban J connectivity index is 1.85. The Morgan fingerprint density at radius 2 is 1.66 bits per heavy atom. The Hall–Kier alpha value is -3.96. The molecule has 0 atom stereocenters. The fraction of sp³-hybridized carbons (Fsp3) is 0.118. The van der Waals surface area contributed by atoms with E-state index in [0.717, 1.165) is 24.0 Å². The summed E-state index contributed by atoms with van der Waals surface area (Å²) in [6.07, 6.45) is -2.13. The molecule has 0 bridgehead atoms. The molecular formula is C17H13F3N6O3. The molecule has 0 saturated carbocycles. The Kier molecular flexibility index (Phi) is 5.43. The Bertz CT molecular complexity index is 1010. The van der Waals surface area contributed by atoms with E-state index in [1.807, 2.05) is 6.92 Å². The number of aryl methyl sites for hydroxylation is 1. The molecule has 2 heterocycles. The number of hydrogen-bond acceptors (Lipinski definition) is 8. The summed E-state index contributed by atoms with van der Waals surface area (Å²) in [6.45, 7) is 1.84. The second kappa shape index (κ2) is 7.96. The minimum Gasteiger partial charge on any atom is -0.406 e. The van der Waals surface area contributed by atoms with Gasteiger partial charge in [0.15, 0.2) is 0 Å². The predicted molar refractivity (Wildman–Crippen MR) is 97.4 cm³/mol. The Morgan fingerprint density at radius 3 is 2.21 bits per heavy atom. The van der Waals surface area contributed by atoms with Crippen LogP contribution in [0, 0.1) is 17.0 Å². The standard InChI is InChI=1S/C17H13F3N6O3/c1-10-2-7-13(21-8-10)25-16-14(26(27)28)15(22-9-23-16)24-11-3-5-12(6-4-11)29-17(18,19)20/h2-9H,1H3,(H2,21,22,23,24,25). The number of rotatable bonds is 6. The lowest BCUT2D eigenvalue weighted by molar-refractivity contribution is -0.383. The summed E-state index contributed by atoms with van der Waals surface area (Å²) >= 11 is 0. The first-order valence-corrected chi connectivity index (χ1v) is 8.03. The van der Waals surface area contributed by atoms with Crippen molar-refractivity contribution < 1.29 is 22.8 Å². The van der Waals surface area contributed by atoms with Gasteiger partial charge in [-0.2, -0.15) is 0 Å². The molecule has 29 heavy (non-hydrogen) atoms. The lowest BCUT2D eigenvalue weighted by Crippen LogP contribution is -2.17. The molecule has 0 radical (unpaired) electrons. The monoisotopic (exact) mass is 406 g/mol. The third-order valence-electron chi connectivity index (χ3n) is 3.51. The molecular weight excluding hydrogens is 393 g/mol. The van der Waals surface area contributed by atoms with Crippen LogP contribution >= 0.6 is 0 Å². The van der Waals surface area contributed by atoms with Gasteiger partial charge >= 0.3 is 12.0 Å². The minimum absolute atomic E-state index is 0.0964. The Morgan fingerprint density at radius 1 is 1.00 bits per heavy atom. The van der Waals surface area contributed by atoms with Gasteiger partial charge in [0.05, 0.1) is 4.92 Å². The number of aromatic nitrogens is 3. The number of pyridine rings is 1. The molecule has 0 fully saturated rings. The van der Waals surface area contributed by atoms with E-state index < -0.39 is 22.7 Å². The van der Waals surface area contributed by atoms with Crippen LogP contribution in [0.1, 0.15) is 5.56 Å². The predicted octanol–water partition coefficient (Wildman–Crippen LogP) is 4.47. The SMILES string of the molecule is Cc1ccc(Nc2ncnc(Nc3ccc(OC(F)(F)F)cc3)c2[N+](=O)[O-])nc1. The highest BCUT2D eigenvalue weighted by atomic mass is 19.4. The zero-order valence-electron chi connectivity index (χ0n) is 14.8.